The van der Waals surface area contributed by atoms with Crippen molar-refractivity contribution in [3.05, 3.63) is 36.5 Å². The fourth-order valence-corrected chi connectivity index (χ4v) is 0.560. The average Bonchev–Trinajstić information content (AvgIpc) is 2.05. The zero-order chi connectivity index (χ0) is 9.56. The maximum Gasteiger partial charge on any atom is 0.377 e. The van der Waals surface area contributed by atoms with E-state index in [1.807, 2.05) is 0 Å². The van der Waals surface area contributed by atoms with Gasteiger partial charge >= 0.3 is 5.97 Å². The van der Waals surface area contributed by atoms with Crippen molar-refractivity contribution < 1.29 is 14.7 Å². The summed E-state index contributed by atoms with van der Waals surface area (Å²) < 4.78 is 0. The van der Waals surface area contributed by atoms with Gasteiger partial charge in [0.2, 0.25) is 0 Å². The first-order valence-corrected chi connectivity index (χ1v) is 3.36. The van der Waals surface area contributed by atoms with Gasteiger partial charge in [-0.2, -0.15) is 0 Å². The van der Waals surface area contributed by atoms with Gasteiger partial charge in [0.05, 0.1) is 0 Å². The Kier molecular flexibility index (Phi) is 4.38. The molecule has 0 bridgehead atoms. The molecule has 0 amide bonds. The molecule has 0 saturated heterocycles. The second kappa shape index (κ2) is 5.07. The van der Waals surface area contributed by atoms with Crippen LogP contribution in [0.1, 0.15) is 6.92 Å². The molecule has 0 aliphatic carbocycles. The van der Waals surface area contributed by atoms with E-state index in [4.69, 9.17) is 5.11 Å². The van der Waals surface area contributed by atoms with E-state index in [9.17, 15) is 9.59 Å². The summed E-state index contributed by atoms with van der Waals surface area (Å²) in [6.45, 7) is 5.10. The molecule has 0 rings (SSSR count). The Morgan fingerprint density at radius 1 is 1.42 bits per heavy atom. The second-order valence-electron chi connectivity index (χ2n) is 1.99. The highest BCUT2D eigenvalue weighted by molar-refractivity contribution is 6.40. The molecule has 0 heterocycles. The van der Waals surface area contributed by atoms with Gasteiger partial charge in [-0.05, 0) is 6.92 Å². The van der Waals surface area contributed by atoms with E-state index in [0.29, 0.717) is 0 Å². The van der Waals surface area contributed by atoms with Crippen molar-refractivity contribution in [2.75, 3.05) is 0 Å². The molecule has 64 valence electrons. The zero-order valence-electron chi connectivity index (χ0n) is 6.78. The van der Waals surface area contributed by atoms with Gasteiger partial charge in [0.25, 0.3) is 5.78 Å². The number of aliphatic carboxylic acids is 1. The number of Topliss-reactive ketones (excluding diaryl/α,β-unsaturated/α-hetero) is 1. The highest BCUT2D eigenvalue weighted by atomic mass is 16.4. The van der Waals surface area contributed by atoms with Crippen LogP contribution in [0.5, 0.6) is 0 Å². The van der Waals surface area contributed by atoms with Gasteiger partial charge in [-0.1, -0.05) is 30.9 Å². The van der Waals surface area contributed by atoms with Crippen molar-refractivity contribution in [2.45, 2.75) is 6.92 Å². The molecule has 0 fully saturated rings. The first-order chi connectivity index (χ1) is 5.63. The van der Waals surface area contributed by atoms with Crippen LogP contribution in [-0.2, 0) is 9.59 Å². The van der Waals surface area contributed by atoms with E-state index < -0.39 is 11.8 Å². The zero-order valence-corrected chi connectivity index (χ0v) is 6.78. The molecule has 0 radical (unpaired) electrons. The lowest BCUT2D eigenvalue weighted by molar-refractivity contribution is -0.147. The van der Waals surface area contributed by atoms with Gasteiger partial charge < -0.3 is 5.11 Å². The smallest absolute Gasteiger partial charge is 0.377 e. The fourth-order valence-electron chi connectivity index (χ4n) is 0.560. The number of carboxylic acid groups (broad SMARTS) is 1. The van der Waals surface area contributed by atoms with Crippen LogP contribution in [0.4, 0.5) is 0 Å². The predicted molar refractivity (Wildman–Crippen MR) is 45.7 cm³/mol. The molecule has 0 atom stereocenters. The van der Waals surface area contributed by atoms with Crippen LogP contribution in [0, 0.1) is 0 Å². The Labute approximate surface area is 70.7 Å². The van der Waals surface area contributed by atoms with Crippen molar-refractivity contribution in [3.63, 3.8) is 0 Å². The third-order valence-corrected chi connectivity index (χ3v) is 1.14. The van der Waals surface area contributed by atoms with Crippen LogP contribution >= 0.6 is 0 Å². The molecule has 0 aliphatic rings. The minimum absolute atomic E-state index is 0.0839. The molecule has 0 saturated carbocycles. The van der Waals surface area contributed by atoms with E-state index >= 15 is 0 Å². The Morgan fingerprint density at radius 2 is 2.00 bits per heavy atom. The van der Waals surface area contributed by atoms with Crippen LogP contribution < -0.4 is 0 Å². The summed E-state index contributed by atoms with van der Waals surface area (Å²) in [6, 6.07) is 0. The lowest BCUT2D eigenvalue weighted by Gasteiger charge is -1.92. The number of carbonyl (C=O) groups excluding carboxylic acids is 1. The molecular weight excluding hydrogens is 156 g/mol. The van der Waals surface area contributed by atoms with Crippen LogP contribution in [0.2, 0.25) is 0 Å². The quantitative estimate of drug-likeness (QED) is 0.389. The highest BCUT2D eigenvalue weighted by Gasteiger charge is 2.13. The minimum Gasteiger partial charge on any atom is -0.475 e. The molecule has 3 heteroatoms. The van der Waals surface area contributed by atoms with E-state index in [1.165, 1.54) is 12.2 Å². The first kappa shape index (κ1) is 10.4. The molecule has 0 spiro atoms. The van der Waals surface area contributed by atoms with Gasteiger partial charge in [-0.15, -0.1) is 0 Å². The molecule has 1 N–H and O–H groups in total. The molecule has 3 nitrogen and oxygen atoms in total. The van der Waals surface area contributed by atoms with Crippen molar-refractivity contribution in [3.8, 4) is 0 Å². The van der Waals surface area contributed by atoms with Gasteiger partial charge in [0.1, 0.15) is 0 Å². The first-order valence-electron chi connectivity index (χ1n) is 3.36. The maximum absolute atomic E-state index is 10.8. The van der Waals surface area contributed by atoms with Gasteiger partial charge in [0.15, 0.2) is 0 Å². The van der Waals surface area contributed by atoms with E-state index in [0.717, 1.165) is 0 Å². The second-order valence-corrected chi connectivity index (χ2v) is 1.99. The molecule has 0 aromatic carbocycles. The van der Waals surface area contributed by atoms with Gasteiger partial charge in [0, 0.05) is 5.57 Å². The van der Waals surface area contributed by atoms with Crippen molar-refractivity contribution in [1.29, 1.82) is 0 Å². The van der Waals surface area contributed by atoms with Crippen molar-refractivity contribution >= 4 is 11.8 Å². The topological polar surface area (TPSA) is 54.4 Å². The third kappa shape index (κ3) is 2.96. The van der Waals surface area contributed by atoms with E-state index in [1.54, 1.807) is 19.1 Å². The number of carboxylic acids is 1. The number of carbonyl (C=O) groups is 2. The number of hydrogen-bond acceptors (Lipinski definition) is 2. The highest BCUT2D eigenvalue weighted by Crippen LogP contribution is 1.98. The summed E-state index contributed by atoms with van der Waals surface area (Å²) in [5.74, 6) is -2.41. The summed E-state index contributed by atoms with van der Waals surface area (Å²) in [5.41, 5.74) is 0.0839. The summed E-state index contributed by atoms with van der Waals surface area (Å²) in [6.07, 6.45) is 5.90. The number of allylic oxidation sites excluding steroid dienone is 4. The van der Waals surface area contributed by atoms with Crippen LogP contribution in [-0.4, -0.2) is 16.9 Å². The Hall–Kier alpha value is -1.64. The summed E-state index contributed by atoms with van der Waals surface area (Å²) in [7, 11) is 0. The van der Waals surface area contributed by atoms with Crippen LogP contribution in [0.15, 0.2) is 36.5 Å². The number of rotatable bonds is 4. The lowest BCUT2D eigenvalue weighted by atomic mass is 10.1. The number of ketones is 1. The van der Waals surface area contributed by atoms with Crippen LogP contribution in [0.25, 0.3) is 0 Å². The summed E-state index contributed by atoms with van der Waals surface area (Å²) >= 11 is 0. The third-order valence-electron chi connectivity index (χ3n) is 1.14. The van der Waals surface area contributed by atoms with Crippen molar-refractivity contribution in [2.24, 2.45) is 0 Å². The molecule has 0 aliphatic heterocycles. The molecule has 0 aromatic rings. The normalized spacial score (nSPS) is 11.6. The lowest BCUT2D eigenvalue weighted by Crippen LogP contribution is -2.13. The average molecular weight is 166 g/mol. The Bertz CT molecular complexity index is 259. The molecule has 12 heavy (non-hydrogen) atoms. The maximum atomic E-state index is 10.8. The molecule has 0 aromatic heterocycles. The fraction of sp³-hybridized carbons (Fsp3) is 0.111. The molecular formula is C9H10O3. The standard InChI is InChI=1S/C9H10O3/c1-3-5-6-7(4-2)8(10)9(11)12/h3-6H,2H2,1H3,(H,11,12)/b5-3-,7-6+. The Balaban J connectivity index is 4.67. The SMILES string of the molecule is C=C/C(=C\C=C/C)C(=O)C(=O)O. The minimum atomic E-state index is -1.47. The summed E-state index contributed by atoms with van der Waals surface area (Å²) in [4.78, 5) is 21.0. The van der Waals surface area contributed by atoms with Crippen molar-refractivity contribution in [1.82, 2.24) is 0 Å². The molecule has 0 unspecified atom stereocenters. The monoisotopic (exact) mass is 166 g/mol. The van der Waals surface area contributed by atoms with E-state index in [-0.39, 0.29) is 5.57 Å². The van der Waals surface area contributed by atoms with E-state index in [2.05, 4.69) is 6.58 Å². The summed E-state index contributed by atoms with van der Waals surface area (Å²) in [5, 5.41) is 8.32. The van der Waals surface area contributed by atoms with Gasteiger partial charge in [-0.3, -0.25) is 4.79 Å². The number of hydrogen-bond donors (Lipinski definition) is 1. The largest absolute Gasteiger partial charge is 0.475 e. The van der Waals surface area contributed by atoms with Gasteiger partial charge in [-0.25, -0.2) is 4.79 Å². The predicted octanol–water partition coefficient (Wildman–Crippen LogP) is 1.33. The van der Waals surface area contributed by atoms with Crippen LogP contribution in [0.3, 0.4) is 0 Å². The Morgan fingerprint density at radius 3 is 2.33 bits per heavy atom.